The van der Waals surface area contributed by atoms with Gasteiger partial charge >= 0.3 is 0 Å². The highest BCUT2D eigenvalue weighted by atomic mass is 32.2. The predicted octanol–water partition coefficient (Wildman–Crippen LogP) is 0.792. The van der Waals surface area contributed by atoms with E-state index in [2.05, 4.69) is 10.2 Å². The molecule has 2 aliphatic heterocycles. The van der Waals surface area contributed by atoms with E-state index in [1.807, 2.05) is 6.92 Å². The monoisotopic (exact) mass is 336 g/mol. The van der Waals surface area contributed by atoms with Crippen molar-refractivity contribution in [3.8, 4) is 0 Å². The van der Waals surface area contributed by atoms with Gasteiger partial charge in [0.15, 0.2) is 9.84 Å². The molecule has 2 unspecified atom stereocenters. The van der Waals surface area contributed by atoms with Gasteiger partial charge in [0.05, 0.1) is 16.8 Å². The topological polar surface area (TPSA) is 66.5 Å². The molecule has 0 aliphatic carbocycles. The fourth-order valence-electron chi connectivity index (χ4n) is 2.41. The summed E-state index contributed by atoms with van der Waals surface area (Å²) in [6, 6.07) is -0.240. The van der Waals surface area contributed by atoms with Gasteiger partial charge in [0, 0.05) is 19.1 Å². The largest absolute Gasteiger partial charge is 0.358 e. The van der Waals surface area contributed by atoms with Gasteiger partial charge in [-0.3, -0.25) is 4.79 Å². The standard InChI is InChI=1S/C12H20N2O3S3/c1-9(19-12(18)14-5-2-3-6-14)11(15)13-10-4-7-20(16,17)8-10/h9-10H,2-8H2,1H3,(H,13,15). The number of carbonyl (C=O) groups is 1. The van der Waals surface area contributed by atoms with Gasteiger partial charge in [-0.15, -0.1) is 0 Å². The lowest BCUT2D eigenvalue weighted by Gasteiger charge is -2.21. The maximum atomic E-state index is 12.1. The van der Waals surface area contributed by atoms with Crippen LogP contribution in [0.25, 0.3) is 0 Å². The first-order valence-corrected chi connectivity index (χ1v) is 9.95. The number of hydrogen-bond donors (Lipinski definition) is 1. The number of thioether (sulfide) groups is 1. The molecule has 0 bridgehead atoms. The van der Waals surface area contributed by atoms with Gasteiger partial charge in [-0.25, -0.2) is 8.42 Å². The fraction of sp³-hybridized carbons (Fsp3) is 0.833. The summed E-state index contributed by atoms with van der Waals surface area (Å²) >= 11 is 6.73. The van der Waals surface area contributed by atoms with Crippen LogP contribution in [-0.2, 0) is 14.6 Å². The molecule has 0 saturated carbocycles. The molecule has 5 nitrogen and oxygen atoms in total. The molecule has 2 fully saturated rings. The van der Waals surface area contributed by atoms with E-state index in [1.54, 1.807) is 0 Å². The maximum Gasteiger partial charge on any atom is 0.233 e. The molecule has 114 valence electrons. The second-order valence-corrected chi connectivity index (χ2v) is 9.53. The van der Waals surface area contributed by atoms with Crippen LogP contribution in [0.2, 0.25) is 0 Å². The minimum atomic E-state index is -2.96. The van der Waals surface area contributed by atoms with Crippen LogP contribution >= 0.6 is 24.0 Å². The van der Waals surface area contributed by atoms with Crippen molar-refractivity contribution in [3.05, 3.63) is 0 Å². The van der Waals surface area contributed by atoms with Gasteiger partial charge < -0.3 is 10.2 Å². The molecular formula is C12H20N2O3S3. The van der Waals surface area contributed by atoms with Crippen LogP contribution in [0.15, 0.2) is 0 Å². The van der Waals surface area contributed by atoms with Crippen molar-refractivity contribution < 1.29 is 13.2 Å². The summed E-state index contributed by atoms with van der Waals surface area (Å²) in [6.45, 7) is 3.76. The SMILES string of the molecule is CC(SC(=S)N1CCCC1)C(=O)NC1CCS(=O)(=O)C1. The van der Waals surface area contributed by atoms with E-state index in [0.29, 0.717) is 6.42 Å². The molecule has 2 atom stereocenters. The number of nitrogens with one attached hydrogen (secondary N) is 1. The lowest BCUT2D eigenvalue weighted by molar-refractivity contribution is -0.120. The van der Waals surface area contributed by atoms with Crippen molar-refractivity contribution in [2.45, 2.75) is 37.5 Å². The van der Waals surface area contributed by atoms with Crippen LogP contribution in [0, 0.1) is 0 Å². The van der Waals surface area contributed by atoms with Gasteiger partial charge in [-0.05, 0) is 26.2 Å². The minimum Gasteiger partial charge on any atom is -0.358 e. The van der Waals surface area contributed by atoms with Crippen molar-refractivity contribution in [3.63, 3.8) is 0 Å². The van der Waals surface area contributed by atoms with E-state index in [0.717, 1.165) is 30.3 Å². The van der Waals surface area contributed by atoms with Crippen LogP contribution in [0.3, 0.4) is 0 Å². The summed E-state index contributed by atoms with van der Waals surface area (Å²) < 4.78 is 23.5. The normalized spacial score (nSPS) is 26.4. The fourth-order valence-corrected chi connectivity index (χ4v) is 5.50. The van der Waals surface area contributed by atoms with Gasteiger partial charge in [0.25, 0.3) is 0 Å². The van der Waals surface area contributed by atoms with Gasteiger partial charge in [-0.1, -0.05) is 24.0 Å². The van der Waals surface area contributed by atoms with Crippen LogP contribution in [0.1, 0.15) is 26.2 Å². The number of nitrogens with zero attached hydrogens (tertiary/aromatic N) is 1. The lowest BCUT2D eigenvalue weighted by atomic mass is 10.2. The summed E-state index contributed by atoms with van der Waals surface area (Å²) in [5.41, 5.74) is 0. The molecule has 2 aliphatic rings. The average molecular weight is 337 g/mol. The molecule has 0 aromatic rings. The first-order chi connectivity index (χ1) is 9.37. The Bertz CT molecular complexity index is 486. The summed E-state index contributed by atoms with van der Waals surface area (Å²) in [4.78, 5) is 14.2. The zero-order chi connectivity index (χ0) is 14.8. The maximum absolute atomic E-state index is 12.1. The van der Waals surface area contributed by atoms with E-state index in [1.165, 1.54) is 11.8 Å². The van der Waals surface area contributed by atoms with Crippen molar-refractivity contribution in [1.29, 1.82) is 0 Å². The summed E-state index contributed by atoms with van der Waals surface area (Å²) in [5, 5.41) is 2.53. The van der Waals surface area contributed by atoms with Crippen LogP contribution in [0.5, 0.6) is 0 Å². The Labute approximate surface area is 129 Å². The first kappa shape index (κ1) is 16.0. The molecule has 0 spiro atoms. The molecule has 0 aromatic heterocycles. The van der Waals surface area contributed by atoms with E-state index < -0.39 is 9.84 Å². The molecule has 1 N–H and O–H groups in total. The number of amides is 1. The Morgan fingerprint density at radius 2 is 2.05 bits per heavy atom. The Kier molecular flexibility index (Phi) is 5.30. The molecule has 2 heterocycles. The highest BCUT2D eigenvalue weighted by Gasteiger charge is 2.30. The van der Waals surface area contributed by atoms with E-state index in [9.17, 15) is 13.2 Å². The number of thiocarbonyl (C=S) groups is 1. The smallest absolute Gasteiger partial charge is 0.233 e. The number of rotatable bonds is 3. The second kappa shape index (κ2) is 6.62. The molecule has 1 amide bonds. The number of hydrogen-bond acceptors (Lipinski definition) is 5. The molecular weight excluding hydrogens is 316 g/mol. The van der Waals surface area contributed by atoms with Crippen molar-refractivity contribution in [2.24, 2.45) is 0 Å². The highest BCUT2D eigenvalue weighted by Crippen LogP contribution is 2.21. The van der Waals surface area contributed by atoms with Gasteiger partial charge in [0.2, 0.25) is 5.91 Å². The quantitative estimate of drug-likeness (QED) is 0.769. The van der Waals surface area contributed by atoms with Gasteiger partial charge in [0.1, 0.15) is 4.32 Å². The molecule has 2 rings (SSSR count). The Morgan fingerprint density at radius 1 is 1.40 bits per heavy atom. The van der Waals surface area contributed by atoms with Crippen LogP contribution < -0.4 is 5.32 Å². The van der Waals surface area contributed by atoms with E-state index in [4.69, 9.17) is 12.2 Å². The third kappa shape index (κ3) is 4.33. The minimum absolute atomic E-state index is 0.0622. The zero-order valence-corrected chi connectivity index (χ0v) is 14.0. The lowest BCUT2D eigenvalue weighted by Crippen LogP contribution is -2.40. The summed E-state index contributed by atoms with van der Waals surface area (Å²) in [7, 11) is -2.96. The highest BCUT2D eigenvalue weighted by molar-refractivity contribution is 8.23. The molecule has 2 saturated heterocycles. The number of sulfone groups is 1. The Hall–Kier alpha value is -0.340. The van der Waals surface area contributed by atoms with Crippen LogP contribution in [-0.4, -0.2) is 59.4 Å². The average Bonchev–Trinajstić information content (AvgIpc) is 2.98. The number of likely N-dealkylation sites (tertiary alicyclic amines) is 1. The first-order valence-electron chi connectivity index (χ1n) is 6.84. The third-order valence-electron chi connectivity index (χ3n) is 3.59. The summed E-state index contributed by atoms with van der Waals surface area (Å²) in [5.74, 6) is 0.108. The van der Waals surface area contributed by atoms with Gasteiger partial charge in [-0.2, -0.15) is 0 Å². The third-order valence-corrected chi connectivity index (χ3v) is 6.93. The molecule has 20 heavy (non-hydrogen) atoms. The zero-order valence-electron chi connectivity index (χ0n) is 11.5. The second-order valence-electron chi connectivity index (χ2n) is 5.33. The van der Waals surface area contributed by atoms with E-state index in [-0.39, 0.29) is 28.7 Å². The summed E-state index contributed by atoms with van der Waals surface area (Å²) in [6.07, 6.45) is 2.82. The molecule has 0 aromatic carbocycles. The predicted molar refractivity (Wildman–Crippen MR) is 85.7 cm³/mol. The number of carbonyl (C=O) groups excluding carboxylic acids is 1. The van der Waals surface area contributed by atoms with E-state index >= 15 is 0 Å². The van der Waals surface area contributed by atoms with Crippen molar-refractivity contribution in [2.75, 3.05) is 24.6 Å². The Balaban J connectivity index is 1.78. The van der Waals surface area contributed by atoms with Crippen LogP contribution in [0.4, 0.5) is 0 Å². The van der Waals surface area contributed by atoms with Crippen molar-refractivity contribution >= 4 is 44.0 Å². The Morgan fingerprint density at radius 3 is 2.60 bits per heavy atom. The molecule has 8 heteroatoms. The van der Waals surface area contributed by atoms with Crippen molar-refractivity contribution in [1.82, 2.24) is 10.2 Å². The molecule has 0 radical (unpaired) electrons.